The van der Waals surface area contributed by atoms with Gasteiger partial charge in [0.25, 0.3) is 0 Å². The summed E-state index contributed by atoms with van der Waals surface area (Å²) >= 11 is 0. The first-order valence-corrected chi connectivity index (χ1v) is 1.55. The van der Waals surface area contributed by atoms with Gasteiger partial charge in [0.2, 0.25) is 0 Å². The van der Waals surface area contributed by atoms with Gasteiger partial charge in [-0.15, -0.1) is 0 Å². The summed E-state index contributed by atoms with van der Waals surface area (Å²) in [6, 6.07) is 0. The average molecular weight is 440 g/mol. The number of nitriles is 6. The quantitative estimate of drug-likeness (QED) is 0.346. The van der Waals surface area contributed by atoms with Gasteiger partial charge in [-0.1, -0.05) is 0 Å². The predicted molar refractivity (Wildman–Crippen MR) is 42.2 cm³/mol. The minimum atomic E-state index is 0. The molecule has 6 nitrogen and oxygen atoms in total. The molecule has 0 aromatic rings. The molecule has 0 spiro atoms. The second-order valence-electron chi connectivity index (χ2n) is 0. The van der Waals surface area contributed by atoms with Gasteiger partial charge >= 0.3 is 120 Å². The van der Waals surface area contributed by atoms with Gasteiger partial charge in [-0.2, -0.15) is 0 Å². The SMILES string of the molecule is C#N.C#N.C#N.C#N.C#N.C#N.[Cs+].[Fe].[H-].[H-].[K+].[Ti]. The molecule has 76 valence electrons. The van der Waals surface area contributed by atoms with Gasteiger partial charge in [0.15, 0.2) is 0 Å². The van der Waals surface area contributed by atoms with Crippen LogP contribution in [0.5, 0.6) is 0 Å². The molecule has 0 amide bonds. The second-order valence-corrected chi connectivity index (χ2v) is 0. The van der Waals surface area contributed by atoms with Crippen molar-refractivity contribution >= 4 is 0 Å². The summed E-state index contributed by atoms with van der Waals surface area (Å²) < 4.78 is 0. The first-order chi connectivity index (χ1) is 6.00. The van der Waals surface area contributed by atoms with Crippen molar-refractivity contribution in [1.82, 2.24) is 0 Å². The van der Waals surface area contributed by atoms with Gasteiger partial charge in [0.1, 0.15) is 0 Å². The van der Waals surface area contributed by atoms with Crippen molar-refractivity contribution in [2.75, 3.05) is 0 Å². The third kappa shape index (κ3) is 1010. The maximum Gasteiger partial charge on any atom is 1.00 e. The van der Waals surface area contributed by atoms with Crippen LogP contribution >= 0.6 is 0 Å². The predicted octanol–water partition coefficient (Wildman–Crippen LogP) is -4.93. The molecule has 0 bridgehead atoms. The van der Waals surface area contributed by atoms with Crippen molar-refractivity contribution in [3.05, 3.63) is 0 Å². The van der Waals surface area contributed by atoms with Crippen molar-refractivity contribution in [2.24, 2.45) is 0 Å². The Kier molecular flexibility index (Phi) is 6280. The van der Waals surface area contributed by atoms with Crippen LogP contribution in [-0.4, -0.2) is 0 Å². The third-order valence-electron chi connectivity index (χ3n) is 0. The average Bonchev–Trinajstić information content (AvgIpc) is 2.33. The Labute approximate surface area is 227 Å². The van der Waals surface area contributed by atoms with E-state index < -0.39 is 0 Å². The fourth-order valence-electron chi connectivity index (χ4n) is 0. The number of hydrogen-bond acceptors (Lipinski definition) is 6. The zero-order valence-corrected chi connectivity index (χ0v) is 21.1. The maximum absolute atomic E-state index is 6.50. The number of nitrogens with zero attached hydrogens (tertiary/aromatic N) is 6. The summed E-state index contributed by atoms with van der Waals surface area (Å²) in [5.41, 5.74) is 0. The van der Waals surface area contributed by atoms with Crippen molar-refractivity contribution in [3.63, 3.8) is 0 Å². The van der Waals surface area contributed by atoms with Crippen LogP contribution in [-0.2, 0) is 38.8 Å². The Balaban J connectivity index is -0.00000000225. The van der Waals surface area contributed by atoms with E-state index in [-0.39, 0.29) is 162 Å². The zero-order valence-electron chi connectivity index (χ0n) is 11.0. The van der Waals surface area contributed by atoms with Gasteiger partial charge in [0, 0.05) is 78.2 Å². The first-order valence-electron chi connectivity index (χ1n) is 1.55. The molecule has 0 aliphatic heterocycles. The van der Waals surface area contributed by atoms with E-state index in [1.807, 2.05) is 0 Å². The third-order valence-corrected chi connectivity index (χ3v) is 0. The first kappa shape index (κ1) is 82.2. The summed E-state index contributed by atoms with van der Waals surface area (Å²) in [6.45, 7) is 21.0. The molecule has 0 aromatic heterocycles. The van der Waals surface area contributed by atoms with E-state index in [0.29, 0.717) is 0 Å². The van der Waals surface area contributed by atoms with E-state index in [0.717, 1.165) is 0 Å². The molecule has 10 heteroatoms. The molecule has 0 radical (unpaired) electrons. The summed E-state index contributed by atoms with van der Waals surface area (Å²) in [5.74, 6) is 0. The van der Waals surface area contributed by atoms with E-state index in [1.165, 1.54) is 0 Å². The molecule has 0 saturated carbocycles. The molecule has 0 heterocycles. The van der Waals surface area contributed by atoms with Crippen molar-refractivity contribution in [3.8, 4) is 39.4 Å². The monoisotopic (exact) mass is 440 g/mol. The Morgan fingerprint density at radius 2 is 0.500 bits per heavy atom. The Morgan fingerprint density at radius 1 is 0.500 bits per heavy atom. The number of hydrogen-bond donors (Lipinski definition) is 0. The van der Waals surface area contributed by atoms with E-state index in [2.05, 4.69) is 39.4 Å². The fourth-order valence-corrected chi connectivity index (χ4v) is 0. The molecular weight excluding hydrogens is 432 g/mol. The molecule has 0 fully saturated rings. The van der Waals surface area contributed by atoms with Gasteiger partial charge < -0.3 is 2.85 Å². The Morgan fingerprint density at radius 3 is 0.500 bits per heavy atom. The largest absolute Gasteiger partial charge is 1.00 e. The smallest absolute Gasteiger partial charge is 1.00 e. The maximum atomic E-state index is 6.50. The van der Waals surface area contributed by atoms with Gasteiger partial charge in [-0.25, -0.2) is 31.6 Å². The number of rotatable bonds is 0. The zero-order chi connectivity index (χ0) is 12.0. The van der Waals surface area contributed by atoms with Gasteiger partial charge in [0.05, 0.1) is 0 Å². The summed E-state index contributed by atoms with van der Waals surface area (Å²) in [4.78, 5) is 0. The van der Waals surface area contributed by atoms with E-state index in [1.54, 1.807) is 0 Å². The molecular formula is C6H8CsFeKN6Ti. The second kappa shape index (κ2) is 1220. The minimum absolute atomic E-state index is 0. The molecule has 0 rings (SSSR count). The summed E-state index contributed by atoms with van der Waals surface area (Å²) in [7, 11) is 0. The molecule has 0 aliphatic rings. The molecule has 0 atom stereocenters. The Bertz CT molecular complexity index is 117. The fraction of sp³-hybridized carbons (Fsp3) is 0. The van der Waals surface area contributed by atoms with Gasteiger partial charge in [-0.05, 0) is 0 Å². The summed E-state index contributed by atoms with van der Waals surface area (Å²) in [5, 5.41) is 39.0. The van der Waals surface area contributed by atoms with Crippen LogP contribution in [0.1, 0.15) is 2.85 Å². The van der Waals surface area contributed by atoms with E-state index >= 15 is 0 Å². The van der Waals surface area contributed by atoms with E-state index in [4.69, 9.17) is 31.6 Å². The molecule has 0 aliphatic carbocycles. The van der Waals surface area contributed by atoms with E-state index in [9.17, 15) is 0 Å². The topological polar surface area (TPSA) is 143 Å². The van der Waals surface area contributed by atoms with Crippen LogP contribution in [0.3, 0.4) is 0 Å². The van der Waals surface area contributed by atoms with Gasteiger partial charge in [-0.3, -0.25) is 0 Å². The van der Waals surface area contributed by atoms with Crippen molar-refractivity contribution in [1.29, 1.82) is 31.6 Å². The standard InChI is InChI=1S/6CHN.Cs.Fe.K.Ti.2H/c6*1-2;;;;;;/h6*1H;;;;;;/q;;;;;;+1;;+1;;2*-1. The molecule has 0 unspecified atom stereocenters. The normalized spacial score (nSPS) is 0.750. The van der Waals surface area contributed by atoms with Crippen LogP contribution in [0.4, 0.5) is 0 Å². The van der Waals surface area contributed by atoms with Crippen molar-refractivity contribution < 1.29 is 162 Å². The Hall–Kier alpha value is 1.86. The summed E-state index contributed by atoms with van der Waals surface area (Å²) in [6.07, 6.45) is 0. The molecule has 0 N–H and O–H groups in total. The van der Waals surface area contributed by atoms with Crippen LogP contribution < -0.4 is 120 Å². The van der Waals surface area contributed by atoms with Crippen LogP contribution in [0.25, 0.3) is 0 Å². The van der Waals surface area contributed by atoms with Crippen LogP contribution in [0, 0.1) is 71.0 Å². The molecule has 16 heavy (non-hydrogen) atoms. The van der Waals surface area contributed by atoms with Crippen LogP contribution in [0.15, 0.2) is 0 Å². The molecule has 0 saturated heterocycles. The van der Waals surface area contributed by atoms with Crippen LogP contribution in [0.2, 0.25) is 0 Å². The minimum Gasteiger partial charge on any atom is -1.00 e. The molecule has 0 aromatic carbocycles. The van der Waals surface area contributed by atoms with Crippen molar-refractivity contribution in [2.45, 2.75) is 0 Å².